The highest BCUT2D eigenvalue weighted by atomic mass is 16.6. The van der Waals surface area contributed by atoms with Gasteiger partial charge < -0.3 is 18.8 Å². The molecule has 0 unspecified atom stereocenters. The Morgan fingerprint density at radius 2 is 1.93 bits per heavy atom. The van der Waals surface area contributed by atoms with Gasteiger partial charge in [0.15, 0.2) is 12.4 Å². The van der Waals surface area contributed by atoms with E-state index in [1.54, 1.807) is 45.0 Å². The number of carbonyl (C=O) groups excluding carboxylic acids is 2. The van der Waals surface area contributed by atoms with Crippen LogP contribution < -0.4 is 9.47 Å². The lowest BCUT2D eigenvalue weighted by molar-refractivity contribution is -0.157. The van der Waals surface area contributed by atoms with Gasteiger partial charge in [0.05, 0.1) is 5.56 Å². The molecular weight excluding hydrogens is 382 g/mol. The molecule has 154 valence electrons. The van der Waals surface area contributed by atoms with Crippen LogP contribution in [0.25, 0.3) is 17.0 Å². The summed E-state index contributed by atoms with van der Waals surface area (Å²) in [6.45, 7) is 5.17. The molecule has 0 spiro atoms. The maximum atomic E-state index is 12.8. The van der Waals surface area contributed by atoms with E-state index in [0.717, 1.165) is 16.5 Å². The van der Waals surface area contributed by atoms with E-state index in [1.807, 2.05) is 42.1 Å². The van der Waals surface area contributed by atoms with E-state index in [2.05, 4.69) is 0 Å². The van der Waals surface area contributed by atoms with Crippen LogP contribution in [0.2, 0.25) is 0 Å². The Hall–Kier alpha value is -3.54. The number of fused-ring (bicyclic) bond motifs is 2. The van der Waals surface area contributed by atoms with Crippen molar-refractivity contribution in [2.24, 2.45) is 7.05 Å². The Morgan fingerprint density at radius 3 is 2.70 bits per heavy atom. The topological polar surface area (TPSA) is 66.8 Å². The largest absolute Gasteiger partial charge is 0.482 e. The second-order valence-corrected chi connectivity index (χ2v) is 8.19. The van der Waals surface area contributed by atoms with Crippen LogP contribution in [0.5, 0.6) is 11.5 Å². The predicted molar refractivity (Wildman–Crippen MR) is 114 cm³/mol. The Kier molecular flexibility index (Phi) is 4.86. The minimum atomic E-state index is -0.574. The summed E-state index contributed by atoms with van der Waals surface area (Å²) < 4.78 is 18.6. The molecule has 6 heteroatoms. The average Bonchev–Trinajstić information content (AvgIpc) is 3.16. The molecule has 0 aliphatic carbocycles. The molecule has 0 saturated carbocycles. The van der Waals surface area contributed by atoms with Crippen molar-refractivity contribution in [2.45, 2.75) is 26.4 Å². The van der Waals surface area contributed by atoms with Crippen molar-refractivity contribution >= 4 is 28.7 Å². The zero-order chi connectivity index (χ0) is 21.5. The number of para-hydroxylation sites is 1. The number of rotatable bonds is 4. The van der Waals surface area contributed by atoms with E-state index in [1.165, 1.54) is 0 Å². The zero-order valence-corrected chi connectivity index (χ0v) is 17.4. The molecule has 0 N–H and O–H groups in total. The lowest BCUT2D eigenvalue weighted by atomic mass is 10.1. The van der Waals surface area contributed by atoms with Crippen LogP contribution in [-0.2, 0) is 16.6 Å². The number of carbonyl (C=O) groups is 2. The Morgan fingerprint density at radius 1 is 1.17 bits per heavy atom. The molecule has 6 nitrogen and oxygen atoms in total. The molecule has 4 rings (SSSR count). The molecule has 0 radical (unpaired) electrons. The summed E-state index contributed by atoms with van der Waals surface area (Å²) in [6.07, 6.45) is 3.72. The van der Waals surface area contributed by atoms with Crippen LogP contribution in [0, 0.1) is 0 Å². The predicted octanol–water partition coefficient (Wildman–Crippen LogP) is 4.52. The van der Waals surface area contributed by atoms with Gasteiger partial charge in [0.25, 0.3) is 0 Å². The Bertz CT molecular complexity index is 1180. The third kappa shape index (κ3) is 3.94. The van der Waals surface area contributed by atoms with Crippen molar-refractivity contribution in [3.8, 4) is 11.5 Å². The number of allylic oxidation sites excluding steroid dienone is 1. The summed E-state index contributed by atoms with van der Waals surface area (Å²) in [5.74, 6) is 0.450. The zero-order valence-electron chi connectivity index (χ0n) is 17.4. The van der Waals surface area contributed by atoms with Gasteiger partial charge in [-0.1, -0.05) is 18.2 Å². The van der Waals surface area contributed by atoms with E-state index in [0.29, 0.717) is 17.1 Å². The van der Waals surface area contributed by atoms with Crippen LogP contribution in [0.4, 0.5) is 0 Å². The molecule has 0 saturated heterocycles. The van der Waals surface area contributed by atoms with Gasteiger partial charge in [-0.05, 0) is 45.0 Å². The smallest absolute Gasteiger partial charge is 0.344 e. The Balaban J connectivity index is 1.53. The molecule has 30 heavy (non-hydrogen) atoms. The summed E-state index contributed by atoms with van der Waals surface area (Å²) >= 11 is 0. The van der Waals surface area contributed by atoms with E-state index in [9.17, 15) is 9.59 Å². The quantitative estimate of drug-likeness (QED) is 0.472. The monoisotopic (exact) mass is 405 g/mol. The number of aryl methyl sites for hydroxylation is 1. The highest BCUT2D eigenvalue weighted by Gasteiger charge is 2.28. The molecule has 2 aromatic carbocycles. The minimum absolute atomic E-state index is 0.184. The molecule has 0 atom stereocenters. The van der Waals surface area contributed by atoms with Crippen molar-refractivity contribution in [2.75, 3.05) is 6.61 Å². The van der Waals surface area contributed by atoms with E-state index < -0.39 is 11.6 Å². The fraction of sp³-hybridized carbons (Fsp3) is 0.250. The number of aromatic nitrogens is 1. The second kappa shape index (κ2) is 7.37. The van der Waals surface area contributed by atoms with Crippen molar-refractivity contribution in [3.05, 3.63) is 65.5 Å². The third-order valence-electron chi connectivity index (χ3n) is 4.63. The van der Waals surface area contributed by atoms with Crippen molar-refractivity contribution < 1.29 is 23.8 Å². The fourth-order valence-electron chi connectivity index (χ4n) is 3.40. The second-order valence-electron chi connectivity index (χ2n) is 8.19. The van der Waals surface area contributed by atoms with Crippen LogP contribution in [0.3, 0.4) is 0 Å². The van der Waals surface area contributed by atoms with Gasteiger partial charge in [-0.15, -0.1) is 0 Å². The number of esters is 1. The molecule has 0 fully saturated rings. The van der Waals surface area contributed by atoms with Gasteiger partial charge in [0, 0.05) is 35.8 Å². The van der Waals surface area contributed by atoms with Crippen molar-refractivity contribution in [3.63, 3.8) is 0 Å². The van der Waals surface area contributed by atoms with Crippen LogP contribution in [0.15, 0.2) is 54.4 Å². The van der Waals surface area contributed by atoms with Gasteiger partial charge >= 0.3 is 5.97 Å². The summed E-state index contributed by atoms with van der Waals surface area (Å²) in [5.41, 5.74) is 1.87. The molecule has 2 heterocycles. The maximum absolute atomic E-state index is 12.8. The van der Waals surface area contributed by atoms with Crippen molar-refractivity contribution in [1.82, 2.24) is 4.57 Å². The number of Topliss-reactive ketones (excluding diaryl/α,β-unsaturated/α-hetero) is 1. The van der Waals surface area contributed by atoms with Gasteiger partial charge in [-0.3, -0.25) is 4.79 Å². The number of ketones is 1. The minimum Gasteiger partial charge on any atom is -0.482 e. The highest BCUT2D eigenvalue weighted by Crippen LogP contribution is 2.35. The van der Waals surface area contributed by atoms with Crippen LogP contribution in [-0.4, -0.2) is 28.5 Å². The molecule has 1 aliphatic heterocycles. The fourth-order valence-corrected chi connectivity index (χ4v) is 3.40. The van der Waals surface area contributed by atoms with E-state index in [-0.39, 0.29) is 18.1 Å². The standard InChI is InChI=1S/C24H23NO5/c1-24(2,3)30-22(26)14-28-16-9-10-18-20(12-16)29-21(23(18)27)11-15-13-25(4)19-8-6-5-7-17(15)19/h5-13H,14H2,1-4H3/b21-11+. The van der Waals surface area contributed by atoms with Gasteiger partial charge in [-0.25, -0.2) is 4.79 Å². The van der Waals surface area contributed by atoms with Gasteiger partial charge in [0.1, 0.15) is 17.1 Å². The van der Waals surface area contributed by atoms with Gasteiger partial charge in [0.2, 0.25) is 5.78 Å². The first-order valence-corrected chi connectivity index (χ1v) is 9.68. The van der Waals surface area contributed by atoms with E-state index >= 15 is 0 Å². The van der Waals surface area contributed by atoms with Crippen LogP contribution in [0.1, 0.15) is 36.7 Å². The lowest BCUT2D eigenvalue weighted by Gasteiger charge is -2.19. The van der Waals surface area contributed by atoms with Crippen molar-refractivity contribution in [1.29, 1.82) is 0 Å². The number of benzene rings is 2. The molecule has 0 amide bonds. The molecule has 0 bridgehead atoms. The number of hydrogen-bond donors (Lipinski definition) is 0. The van der Waals surface area contributed by atoms with Gasteiger partial charge in [-0.2, -0.15) is 0 Å². The highest BCUT2D eigenvalue weighted by molar-refractivity contribution is 6.15. The summed E-state index contributed by atoms with van der Waals surface area (Å²) in [6, 6.07) is 12.9. The average molecular weight is 405 g/mol. The molecule has 1 aromatic heterocycles. The third-order valence-corrected chi connectivity index (χ3v) is 4.63. The molecule has 1 aliphatic rings. The summed E-state index contributed by atoms with van der Waals surface area (Å²) in [7, 11) is 1.96. The Labute approximate surface area is 174 Å². The molecule has 3 aromatic rings. The first-order chi connectivity index (χ1) is 14.2. The summed E-state index contributed by atoms with van der Waals surface area (Å²) in [4.78, 5) is 24.6. The molecular formula is C24H23NO5. The normalized spacial score (nSPS) is 14.7. The number of ether oxygens (including phenoxy) is 3. The SMILES string of the molecule is Cn1cc(/C=C2/Oc3cc(OCC(=O)OC(C)(C)C)ccc3C2=O)c2ccccc21. The van der Waals surface area contributed by atoms with Crippen LogP contribution >= 0.6 is 0 Å². The first-order valence-electron chi connectivity index (χ1n) is 9.68. The number of hydrogen-bond acceptors (Lipinski definition) is 5. The maximum Gasteiger partial charge on any atom is 0.344 e. The lowest BCUT2D eigenvalue weighted by Crippen LogP contribution is -2.27. The first kappa shape index (κ1) is 19.8. The van der Waals surface area contributed by atoms with E-state index in [4.69, 9.17) is 14.2 Å². The summed E-state index contributed by atoms with van der Waals surface area (Å²) in [5, 5.41) is 1.04. The number of nitrogens with zero attached hydrogens (tertiary/aromatic N) is 1.